The Morgan fingerprint density at radius 1 is 1.58 bits per heavy atom. The first-order valence-electron chi connectivity index (χ1n) is 6.57. The molecule has 0 bridgehead atoms. The van der Waals surface area contributed by atoms with E-state index >= 15 is 0 Å². The maximum absolute atomic E-state index is 12.5. The smallest absolute Gasteiger partial charge is 0.264 e. The van der Waals surface area contributed by atoms with Crippen LogP contribution < -0.4 is 0 Å². The lowest BCUT2D eigenvalue weighted by atomic mass is 10.1. The molecule has 19 heavy (non-hydrogen) atoms. The van der Waals surface area contributed by atoms with E-state index in [4.69, 9.17) is 4.74 Å². The third-order valence-corrected chi connectivity index (χ3v) is 5.10. The van der Waals surface area contributed by atoms with Crippen molar-refractivity contribution in [2.45, 2.75) is 38.9 Å². The zero-order valence-corrected chi connectivity index (χ0v) is 14.0. The van der Waals surface area contributed by atoms with Crippen LogP contribution in [-0.2, 0) is 11.2 Å². The molecule has 0 spiro atoms. The minimum atomic E-state index is -0.281. The summed E-state index contributed by atoms with van der Waals surface area (Å²) in [7, 11) is 0. The summed E-state index contributed by atoms with van der Waals surface area (Å²) in [5.41, 5.74) is -0.281. The highest BCUT2D eigenvalue weighted by atomic mass is 79.9. The molecule has 3 nitrogen and oxygen atoms in total. The number of hydrogen-bond acceptors (Lipinski definition) is 3. The van der Waals surface area contributed by atoms with E-state index in [1.807, 2.05) is 30.9 Å². The highest BCUT2D eigenvalue weighted by molar-refractivity contribution is 9.09. The lowest BCUT2D eigenvalue weighted by Crippen LogP contribution is -2.55. The summed E-state index contributed by atoms with van der Waals surface area (Å²) in [5.74, 6) is 0.132. The predicted molar refractivity (Wildman–Crippen MR) is 82.3 cm³/mol. The molecular weight excluding hydrogens is 326 g/mol. The number of rotatable bonds is 3. The monoisotopic (exact) mass is 345 g/mol. The molecule has 1 amide bonds. The van der Waals surface area contributed by atoms with E-state index in [2.05, 4.69) is 22.9 Å². The van der Waals surface area contributed by atoms with E-state index in [1.54, 1.807) is 11.3 Å². The van der Waals surface area contributed by atoms with Gasteiger partial charge >= 0.3 is 0 Å². The number of nitrogens with zero attached hydrogens (tertiary/aromatic N) is 1. The topological polar surface area (TPSA) is 29.5 Å². The van der Waals surface area contributed by atoms with Crippen molar-refractivity contribution in [3.8, 4) is 0 Å². The molecule has 1 atom stereocenters. The molecule has 5 heteroatoms. The van der Waals surface area contributed by atoms with Crippen LogP contribution in [0.25, 0.3) is 0 Å². The van der Waals surface area contributed by atoms with Crippen LogP contribution in [0.5, 0.6) is 0 Å². The predicted octanol–water partition coefficient (Wildman–Crippen LogP) is 3.33. The Labute approximate surface area is 127 Å². The van der Waals surface area contributed by atoms with Crippen molar-refractivity contribution in [3.05, 3.63) is 21.9 Å². The van der Waals surface area contributed by atoms with E-state index in [-0.39, 0.29) is 17.6 Å². The maximum atomic E-state index is 12.5. The van der Waals surface area contributed by atoms with Crippen molar-refractivity contribution in [2.24, 2.45) is 0 Å². The van der Waals surface area contributed by atoms with E-state index in [0.29, 0.717) is 13.1 Å². The average Bonchev–Trinajstić information content (AvgIpc) is 2.84. The largest absolute Gasteiger partial charge is 0.368 e. The molecule has 1 unspecified atom stereocenters. The fourth-order valence-electron chi connectivity index (χ4n) is 2.37. The Hall–Kier alpha value is -0.390. The molecular formula is C14H20BrNO2S. The van der Waals surface area contributed by atoms with Crippen LogP contribution in [0.2, 0.25) is 0 Å². The van der Waals surface area contributed by atoms with Crippen LogP contribution in [0, 0.1) is 0 Å². The van der Waals surface area contributed by atoms with Gasteiger partial charge in [-0.25, -0.2) is 0 Å². The maximum Gasteiger partial charge on any atom is 0.264 e. The fraction of sp³-hybridized carbons (Fsp3) is 0.643. The number of thiophene rings is 1. The molecule has 0 N–H and O–H groups in total. The van der Waals surface area contributed by atoms with Gasteiger partial charge in [-0.05, 0) is 32.4 Å². The number of carbonyl (C=O) groups excluding carboxylic acids is 1. The molecule has 1 aliphatic rings. The van der Waals surface area contributed by atoms with Gasteiger partial charge in [0, 0.05) is 23.3 Å². The molecule has 0 aliphatic carbocycles. The molecule has 0 aromatic carbocycles. The molecule has 1 fully saturated rings. The van der Waals surface area contributed by atoms with E-state index in [9.17, 15) is 4.79 Å². The molecule has 106 valence electrons. The number of alkyl halides is 1. The number of ether oxygens (including phenoxy) is 1. The molecule has 2 heterocycles. The molecule has 2 rings (SSSR count). The number of carbonyl (C=O) groups is 1. The van der Waals surface area contributed by atoms with Gasteiger partial charge in [-0.2, -0.15) is 0 Å². The van der Waals surface area contributed by atoms with Gasteiger partial charge in [0.2, 0.25) is 0 Å². The molecule has 0 radical (unpaired) electrons. The standard InChI is InChI=1S/C14H20BrNO2S/c1-4-11-5-6-12(19-11)13(17)16-8-10(7-15)18-14(2,3)9-16/h5-6,10H,4,7-9H2,1-3H3. The summed E-state index contributed by atoms with van der Waals surface area (Å²) in [5, 5.41) is 0.755. The summed E-state index contributed by atoms with van der Waals surface area (Å²) in [6.45, 7) is 7.49. The molecule has 1 aromatic rings. The minimum absolute atomic E-state index is 0.0679. The highest BCUT2D eigenvalue weighted by Crippen LogP contribution is 2.25. The van der Waals surface area contributed by atoms with Crippen LogP contribution in [0.3, 0.4) is 0 Å². The van der Waals surface area contributed by atoms with Gasteiger partial charge in [0.05, 0.1) is 16.6 Å². The van der Waals surface area contributed by atoms with Crippen molar-refractivity contribution in [2.75, 3.05) is 18.4 Å². The van der Waals surface area contributed by atoms with Crippen LogP contribution in [0.1, 0.15) is 35.3 Å². The summed E-state index contributed by atoms with van der Waals surface area (Å²) >= 11 is 5.05. The highest BCUT2D eigenvalue weighted by Gasteiger charge is 2.35. The first kappa shape index (κ1) is 15.0. The molecule has 1 aliphatic heterocycles. The second-order valence-corrected chi connectivity index (χ2v) is 7.27. The summed E-state index contributed by atoms with van der Waals surface area (Å²) < 4.78 is 5.93. The van der Waals surface area contributed by atoms with Gasteiger partial charge in [0.1, 0.15) is 0 Å². The van der Waals surface area contributed by atoms with Crippen LogP contribution in [0.4, 0.5) is 0 Å². The van der Waals surface area contributed by atoms with Gasteiger partial charge in [-0.15, -0.1) is 11.3 Å². The minimum Gasteiger partial charge on any atom is -0.368 e. The third-order valence-electron chi connectivity index (χ3n) is 3.16. The van der Waals surface area contributed by atoms with Crippen molar-refractivity contribution in [1.82, 2.24) is 4.90 Å². The van der Waals surface area contributed by atoms with E-state index < -0.39 is 0 Å². The Kier molecular flexibility index (Phi) is 4.69. The normalized spacial score (nSPS) is 22.5. The SMILES string of the molecule is CCc1ccc(C(=O)N2CC(CBr)OC(C)(C)C2)s1. The lowest BCUT2D eigenvalue weighted by molar-refractivity contribution is -0.116. The Morgan fingerprint density at radius 2 is 2.32 bits per heavy atom. The van der Waals surface area contributed by atoms with Gasteiger partial charge in [-0.1, -0.05) is 22.9 Å². The van der Waals surface area contributed by atoms with Gasteiger partial charge in [0.25, 0.3) is 5.91 Å². The number of halogens is 1. The number of hydrogen-bond donors (Lipinski definition) is 0. The molecule has 1 aromatic heterocycles. The van der Waals surface area contributed by atoms with Crippen molar-refractivity contribution < 1.29 is 9.53 Å². The Bertz CT molecular complexity index is 458. The van der Waals surface area contributed by atoms with Crippen molar-refractivity contribution >= 4 is 33.2 Å². The molecule has 0 saturated carbocycles. The number of amides is 1. The zero-order chi connectivity index (χ0) is 14.0. The second kappa shape index (κ2) is 5.94. The fourth-order valence-corrected chi connectivity index (χ4v) is 3.62. The van der Waals surface area contributed by atoms with Gasteiger partial charge < -0.3 is 9.64 Å². The third kappa shape index (κ3) is 3.58. The zero-order valence-electron chi connectivity index (χ0n) is 11.6. The van der Waals surface area contributed by atoms with Crippen molar-refractivity contribution in [1.29, 1.82) is 0 Å². The summed E-state index contributed by atoms with van der Waals surface area (Å²) in [6, 6.07) is 3.99. The summed E-state index contributed by atoms with van der Waals surface area (Å²) in [6.07, 6.45) is 1.05. The summed E-state index contributed by atoms with van der Waals surface area (Å²) in [4.78, 5) is 16.6. The van der Waals surface area contributed by atoms with Crippen LogP contribution in [-0.4, -0.2) is 40.9 Å². The second-order valence-electron chi connectivity index (χ2n) is 5.46. The van der Waals surface area contributed by atoms with Crippen LogP contribution in [0.15, 0.2) is 12.1 Å². The van der Waals surface area contributed by atoms with Gasteiger partial charge in [-0.3, -0.25) is 4.79 Å². The number of aryl methyl sites for hydroxylation is 1. The van der Waals surface area contributed by atoms with Gasteiger partial charge in [0.15, 0.2) is 0 Å². The average molecular weight is 346 g/mol. The van der Waals surface area contributed by atoms with Crippen LogP contribution >= 0.6 is 27.3 Å². The lowest BCUT2D eigenvalue weighted by Gasteiger charge is -2.42. The Morgan fingerprint density at radius 3 is 2.89 bits per heavy atom. The molecule has 1 saturated heterocycles. The first-order chi connectivity index (χ1) is 8.95. The van der Waals surface area contributed by atoms with Crippen molar-refractivity contribution in [3.63, 3.8) is 0 Å². The van der Waals surface area contributed by atoms with E-state index in [0.717, 1.165) is 16.6 Å². The number of morpholine rings is 1. The Balaban J connectivity index is 2.13. The first-order valence-corrected chi connectivity index (χ1v) is 8.50. The van der Waals surface area contributed by atoms with E-state index in [1.165, 1.54) is 4.88 Å². The quantitative estimate of drug-likeness (QED) is 0.786.